The van der Waals surface area contributed by atoms with Crippen molar-refractivity contribution in [3.8, 4) is 0 Å². The van der Waals surface area contributed by atoms with E-state index in [0.717, 1.165) is 17.3 Å². The van der Waals surface area contributed by atoms with Gasteiger partial charge in [0.2, 0.25) is 0 Å². The van der Waals surface area contributed by atoms with Gasteiger partial charge < -0.3 is 5.73 Å². The van der Waals surface area contributed by atoms with E-state index in [2.05, 4.69) is 48.0 Å². The van der Waals surface area contributed by atoms with Crippen molar-refractivity contribution in [3.05, 3.63) is 33.8 Å². The van der Waals surface area contributed by atoms with Crippen molar-refractivity contribution in [2.24, 2.45) is 5.73 Å². The van der Waals surface area contributed by atoms with Crippen LogP contribution in [-0.2, 0) is 0 Å². The fourth-order valence-corrected chi connectivity index (χ4v) is 2.08. The lowest BCUT2D eigenvalue weighted by Crippen LogP contribution is -2.09. The van der Waals surface area contributed by atoms with Crippen LogP contribution >= 0.6 is 15.9 Å². The molecule has 1 aromatic carbocycles. The van der Waals surface area contributed by atoms with Crippen LogP contribution < -0.4 is 5.73 Å². The Labute approximate surface area is 88.5 Å². The lowest BCUT2D eigenvalue weighted by molar-refractivity contribution is 0.638. The van der Waals surface area contributed by atoms with Crippen molar-refractivity contribution < 1.29 is 0 Å². The Hall–Kier alpha value is -0.340. The molecule has 0 saturated heterocycles. The van der Waals surface area contributed by atoms with Crippen molar-refractivity contribution in [2.45, 2.75) is 32.7 Å². The molecule has 0 amide bonds. The van der Waals surface area contributed by atoms with E-state index in [1.807, 2.05) is 0 Å². The zero-order chi connectivity index (χ0) is 9.84. The van der Waals surface area contributed by atoms with Crippen LogP contribution in [0.25, 0.3) is 0 Å². The summed E-state index contributed by atoms with van der Waals surface area (Å²) in [5, 5.41) is 0. The van der Waals surface area contributed by atoms with Gasteiger partial charge in [0.25, 0.3) is 0 Å². The Bertz CT molecular complexity index is 263. The quantitative estimate of drug-likeness (QED) is 0.861. The summed E-state index contributed by atoms with van der Waals surface area (Å²) in [6, 6.07) is 6.54. The maximum atomic E-state index is 6.02. The minimum absolute atomic E-state index is 0.182. The molecule has 1 rings (SSSR count). The number of rotatable bonds is 3. The Morgan fingerprint density at radius 2 is 2.08 bits per heavy atom. The number of nitrogens with two attached hydrogens (primary N) is 1. The summed E-state index contributed by atoms with van der Waals surface area (Å²) in [5.41, 5.74) is 8.51. The fraction of sp³-hybridized carbons (Fsp3) is 0.455. The van der Waals surface area contributed by atoms with E-state index in [9.17, 15) is 0 Å². The average Bonchev–Trinajstić information content (AvgIpc) is 2.03. The monoisotopic (exact) mass is 241 g/mol. The van der Waals surface area contributed by atoms with Gasteiger partial charge in [-0.2, -0.15) is 0 Å². The maximum absolute atomic E-state index is 6.02. The molecule has 0 aromatic heterocycles. The zero-order valence-corrected chi connectivity index (χ0v) is 9.76. The van der Waals surface area contributed by atoms with E-state index in [-0.39, 0.29) is 6.04 Å². The predicted molar refractivity (Wildman–Crippen MR) is 60.7 cm³/mol. The number of aryl methyl sites for hydroxylation is 1. The molecule has 0 heterocycles. The highest BCUT2D eigenvalue weighted by Gasteiger charge is 2.05. The van der Waals surface area contributed by atoms with Gasteiger partial charge in [-0.05, 0) is 36.6 Å². The third-order valence-corrected chi connectivity index (χ3v) is 2.55. The van der Waals surface area contributed by atoms with Crippen LogP contribution in [0.5, 0.6) is 0 Å². The van der Waals surface area contributed by atoms with Crippen molar-refractivity contribution in [2.75, 3.05) is 0 Å². The van der Waals surface area contributed by atoms with Crippen LogP contribution in [0.15, 0.2) is 22.7 Å². The predicted octanol–water partition coefficient (Wildman–Crippen LogP) is 3.56. The molecule has 1 atom stereocenters. The highest BCUT2D eigenvalue weighted by atomic mass is 79.9. The SMILES string of the molecule is CCC[C@H](N)c1cc(C)cc(Br)c1. The normalized spacial score (nSPS) is 12.9. The van der Waals surface area contributed by atoms with E-state index >= 15 is 0 Å². The Morgan fingerprint density at radius 1 is 1.38 bits per heavy atom. The van der Waals surface area contributed by atoms with Crippen LogP contribution in [0.1, 0.15) is 36.9 Å². The second-order valence-corrected chi connectivity index (χ2v) is 4.37. The summed E-state index contributed by atoms with van der Waals surface area (Å²) in [4.78, 5) is 0. The molecule has 0 saturated carbocycles. The first-order valence-electron chi connectivity index (χ1n) is 4.66. The van der Waals surface area contributed by atoms with Crippen LogP contribution in [0.2, 0.25) is 0 Å². The highest BCUT2D eigenvalue weighted by Crippen LogP contribution is 2.21. The van der Waals surface area contributed by atoms with E-state index in [1.54, 1.807) is 0 Å². The number of benzene rings is 1. The molecule has 72 valence electrons. The standard InChI is InChI=1S/C11H16BrN/c1-3-4-11(13)9-5-8(2)6-10(12)7-9/h5-7,11H,3-4,13H2,1-2H3/t11-/m0/s1. The van der Waals surface area contributed by atoms with Gasteiger partial charge in [0.15, 0.2) is 0 Å². The van der Waals surface area contributed by atoms with Crippen molar-refractivity contribution in [1.82, 2.24) is 0 Å². The van der Waals surface area contributed by atoms with Crippen LogP contribution in [0, 0.1) is 6.92 Å². The molecular formula is C11H16BrN. The summed E-state index contributed by atoms with van der Waals surface area (Å²) in [5.74, 6) is 0. The Balaban J connectivity index is 2.87. The molecule has 2 heteroatoms. The molecule has 1 nitrogen and oxygen atoms in total. The van der Waals surface area contributed by atoms with Crippen LogP contribution in [0.4, 0.5) is 0 Å². The Morgan fingerprint density at radius 3 is 2.62 bits per heavy atom. The van der Waals surface area contributed by atoms with Gasteiger partial charge in [0.05, 0.1) is 0 Å². The van der Waals surface area contributed by atoms with Gasteiger partial charge in [-0.25, -0.2) is 0 Å². The molecular weight excluding hydrogens is 226 g/mol. The van der Waals surface area contributed by atoms with Gasteiger partial charge in [0, 0.05) is 10.5 Å². The average molecular weight is 242 g/mol. The van der Waals surface area contributed by atoms with Crippen molar-refractivity contribution >= 4 is 15.9 Å². The molecule has 0 bridgehead atoms. The van der Waals surface area contributed by atoms with E-state index in [1.165, 1.54) is 11.1 Å². The fourth-order valence-electron chi connectivity index (χ4n) is 1.46. The van der Waals surface area contributed by atoms with Gasteiger partial charge in [0.1, 0.15) is 0 Å². The Kier molecular flexibility index (Phi) is 3.94. The summed E-state index contributed by atoms with van der Waals surface area (Å²) in [6.07, 6.45) is 2.18. The van der Waals surface area contributed by atoms with E-state index < -0.39 is 0 Å². The molecule has 0 spiro atoms. The first kappa shape index (κ1) is 10.7. The summed E-state index contributed by atoms with van der Waals surface area (Å²) >= 11 is 3.48. The molecule has 0 aliphatic heterocycles. The molecule has 0 aliphatic rings. The van der Waals surface area contributed by atoms with Crippen LogP contribution in [0.3, 0.4) is 0 Å². The minimum atomic E-state index is 0.182. The van der Waals surface area contributed by atoms with E-state index in [0.29, 0.717) is 0 Å². The second kappa shape index (κ2) is 4.77. The molecule has 0 unspecified atom stereocenters. The molecule has 0 aliphatic carbocycles. The lowest BCUT2D eigenvalue weighted by atomic mass is 10.0. The zero-order valence-electron chi connectivity index (χ0n) is 8.18. The van der Waals surface area contributed by atoms with E-state index in [4.69, 9.17) is 5.73 Å². The van der Waals surface area contributed by atoms with Gasteiger partial charge >= 0.3 is 0 Å². The largest absolute Gasteiger partial charge is 0.324 e. The third kappa shape index (κ3) is 3.12. The van der Waals surface area contributed by atoms with Crippen molar-refractivity contribution in [3.63, 3.8) is 0 Å². The summed E-state index contributed by atoms with van der Waals surface area (Å²) < 4.78 is 1.12. The second-order valence-electron chi connectivity index (χ2n) is 3.46. The van der Waals surface area contributed by atoms with Crippen molar-refractivity contribution in [1.29, 1.82) is 0 Å². The topological polar surface area (TPSA) is 26.0 Å². The smallest absolute Gasteiger partial charge is 0.0295 e. The number of hydrogen-bond acceptors (Lipinski definition) is 1. The third-order valence-electron chi connectivity index (χ3n) is 2.09. The summed E-state index contributed by atoms with van der Waals surface area (Å²) in [6.45, 7) is 4.25. The highest BCUT2D eigenvalue weighted by molar-refractivity contribution is 9.10. The molecule has 13 heavy (non-hydrogen) atoms. The van der Waals surface area contributed by atoms with Gasteiger partial charge in [-0.1, -0.05) is 35.3 Å². The number of hydrogen-bond donors (Lipinski definition) is 1. The molecule has 0 fully saturated rings. The van der Waals surface area contributed by atoms with Crippen LogP contribution in [-0.4, -0.2) is 0 Å². The first-order valence-corrected chi connectivity index (χ1v) is 5.45. The molecule has 2 N–H and O–H groups in total. The molecule has 0 radical (unpaired) electrons. The van der Waals surface area contributed by atoms with Gasteiger partial charge in [-0.15, -0.1) is 0 Å². The summed E-state index contributed by atoms with van der Waals surface area (Å²) in [7, 11) is 0. The maximum Gasteiger partial charge on any atom is 0.0295 e. The first-order chi connectivity index (χ1) is 6.13. The lowest BCUT2D eigenvalue weighted by Gasteiger charge is -2.11. The minimum Gasteiger partial charge on any atom is -0.324 e. The molecule has 1 aromatic rings. The van der Waals surface area contributed by atoms with Gasteiger partial charge in [-0.3, -0.25) is 0 Å². The number of halogens is 1.